The molecule has 2 aromatic rings. The molecule has 0 unspecified atom stereocenters. The van der Waals surface area contributed by atoms with Crippen LogP contribution in [0.25, 0.3) is 0 Å². The number of sulfonamides is 1. The second-order valence-electron chi connectivity index (χ2n) is 4.29. The van der Waals surface area contributed by atoms with Crippen LogP contribution in [0.1, 0.15) is 5.56 Å². The van der Waals surface area contributed by atoms with Gasteiger partial charge in [-0.25, -0.2) is 8.42 Å². The maximum Gasteiger partial charge on any atom is 0.261 e. The van der Waals surface area contributed by atoms with Gasteiger partial charge >= 0.3 is 0 Å². The maximum atomic E-state index is 12.3. The van der Waals surface area contributed by atoms with Crippen molar-refractivity contribution in [2.24, 2.45) is 5.73 Å². The lowest BCUT2D eigenvalue weighted by Crippen LogP contribution is -2.13. The van der Waals surface area contributed by atoms with Crippen LogP contribution in [0.2, 0.25) is 5.02 Å². The van der Waals surface area contributed by atoms with Crippen LogP contribution < -0.4 is 10.5 Å². The lowest BCUT2D eigenvalue weighted by molar-refractivity contribution is 0.601. The van der Waals surface area contributed by atoms with Gasteiger partial charge < -0.3 is 5.73 Å². The number of thioether (sulfide) groups is 1. The molecule has 0 aliphatic heterocycles. The summed E-state index contributed by atoms with van der Waals surface area (Å²) in [5, 5.41) is 0.345. The average Bonchev–Trinajstić information content (AvgIpc) is 2.47. The highest BCUT2D eigenvalue weighted by molar-refractivity contribution is 7.98. The second kappa shape index (κ2) is 6.70. The lowest BCUT2D eigenvalue weighted by atomic mass is 10.2. The van der Waals surface area contributed by atoms with Crippen molar-refractivity contribution in [3.05, 3.63) is 53.1 Å². The number of benzene rings is 2. The van der Waals surface area contributed by atoms with E-state index in [4.69, 9.17) is 17.3 Å². The summed E-state index contributed by atoms with van der Waals surface area (Å²) in [6.07, 6.45) is 1.96. The van der Waals surface area contributed by atoms with Gasteiger partial charge in [0.1, 0.15) is 0 Å². The zero-order valence-corrected chi connectivity index (χ0v) is 13.7. The number of nitrogens with two attached hydrogens (primary N) is 1. The first-order valence-corrected chi connectivity index (χ1v) is 9.20. The van der Waals surface area contributed by atoms with Crippen LogP contribution in [0, 0.1) is 0 Å². The molecule has 0 aliphatic carbocycles. The Morgan fingerprint density at radius 3 is 2.38 bits per heavy atom. The van der Waals surface area contributed by atoms with E-state index < -0.39 is 10.0 Å². The predicted molar refractivity (Wildman–Crippen MR) is 88.4 cm³/mol. The van der Waals surface area contributed by atoms with Crippen molar-refractivity contribution in [3.63, 3.8) is 0 Å². The minimum Gasteiger partial charge on any atom is -0.326 e. The quantitative estimate of drug-likeness (QED) is 0.817. The smallest absolute Gasteiger partial charge is 0.261 e. The Morgan fingerprint density at radius 1 is 1.19 bits per heavy atom. The summed E-state index contributed by atoms with van der Waals surface area (Å²) in [5.41, 5.74) is 6.72. The van der Waals surface area contributed by atoms with Crippen LogP contribution in [0.5, 0.6) is 0 Å². The molecule has 0 heterocycles. The Balaban J connectivity index is 2.26. The monoisotopic (exact) mass is 342 g/mol. The number of rotatable bonds is 5. The van der Waals surface area contributed by atoms with Gasteiger partial charge in [0.2, 0.25) is 0 Å². The fourth-order valence-corrected chi connectivity index (χ4v) is 3.55. The number of anilines is 1. The maximum absolute atomic E-state index is 12.3. The molecule has 0 atom stereocenters. The zero-order valence-electron chi connectivity index (χ0n) is 11.3. The Kier molecular flexibility index (Phi) is 5.16. The molecule has 21 heavy (non-hydrogen) atoms. The van der Waals surface area contributed by atoms with Crippen molar-refractivity contribution in [2.75, 3.05) is 11.0 Å². The summed E-state index contributed by atoms with van der Waals surface area (Å²) in [5.74, 6) is 0. The predicted octanol–water partition coefficient (Wildman–Crippen LogP) is 3.32. The fraction of sp³-hybridized carbons (Fsp3) is 0.143. The van der Waals surface area contributed by atoms with Crippen molar-refractivity contribution >= 4 is 39.1 Å². The van der Waals surface area contributed by atoms with Gasteiger partial charge in [-0.2, -0.15) is 0 Å². The largest absolute Gasteiger partial charge is 0.326 e. The zero-order chi connectivity index (χ0) is 15.5. The Labute approximate surface area is 133 Å². The molecule has 7 heteroatoms. The molecule has 0 saturated heterocycles. The molecule has 4 nitrogen and oxygen atoms in total. The molecule has 0 spiro atoms. The number of nitrogens with one attached hydrogen (secondary N) is 1. The molecule has 0 amide bonds. The molecule has 0 aliphatic rings. The van der Waals surface area contributed by atoms with E-state index in [0.29, 0.717) is 16.3 Å². The average molecular weight is 343 g/mol. The third kappa shape index (κ3) is 3.91. The Morgan fingerprint density at radius 2 is 1.86 bits per heavy atom. The summed E-state index contributed by atoms with van der Waals surface area (Å²) in [7, 11) is -3.66. The van der Waals surface area contributed by atoms with E-state index in [9.17, 15) is 8.42 Å². The van der Waals surface area contributed by atoms with Crippen molar-refractivity contribution < 1.29 is 8.42 Å². The summed E-state index contributed by atoms with van der Waals surface area (Å²) >= 11 is 7.59. The first-order chi connectivity index (χ1) is 9.96. The van der Waals surface area contributed by atoms with E-state index in [-0.39, 0.29) is 11.4 Å². The van der Waals surface area contributed by atoms with Crippen LogP contribution in [0.15, 0.2) is 52.3 Å². The SMILES string of the molecule is CSc1ccc(NS(=O)(=O)c2ccc(CN)c(Cl)c2)cc1. The minimum atomic E-state index is -3.66. The highest BCUT2D eigenvalue weighted by Gasteiger charge is 2.15. The van der Waals surface area contributed by atoms with Gasteiger partial charge in [-0.1, -0.05) is 17.7 Å². The number of halogens is 1. The lowest BCUT2D eigenvalue weighted by Gasteiger charge is -2.10. The van der Waals surface area contributed by atoms with E-state index in [0.717, 1.165) is 4.90 Å². The highest BCUT2D eigenvalue weighted by atomic mass is 35.5. The molecule has 0 fully saturated rings. The Hall–Kier alpha value is -1.21. The molecule has 112 valence electrons. The normalized spacial score (nSPS) is 11.4. The molecule has 0 bridgehead atoms. The standard InChI is InChI=1S/C14H15ClN2O2S2/c1-20-12-5-3-11(4-6-12)17-21(18,19)13-7-2-10(9-16)14(15)8-13/h2-8,17H,9,16H2,1H3. The van der Waals surface area contributed by atoms with Crippen LogP contribution in [0.4, 0.5) is 5.69 Å². The van der Waals surface area contributed by atoms with E-state index >= 15 is 0 Å². The molecule has 0 radical (unpaired) electrons. The number of hydrogen-bond donors (Lipinski definition) is 2. The fourth-order valence-electron chi connectivity index (χ4n) is 1.73. The molecular formula is C14H15ClN2O2S2. The van der Waals surface area contributed by atoms with Crippen LogP contribution in [-0.2, 0) is 16.6 Å². The summed E-state index contributed by atoms with van der Waals surface area (Å²) in [6, 6.07) is 11.7. The summed E-state index contributed by atoms with van der Waals surface area (Å²) < 4.78 is 27.1. The highest BCUT2D eigenvalue weighted by Crippen LogP contribution is 2.23. The van der Waals surface area contributed by atoms with Crippen LogP contribution in [-0.4, -0.2) is 14.7 Å². The topological polar surface area (TPSA) is 72.2 Å². The van der Waals surface area contributed by atoms with Crippen molar-refractivity contribution in [2.45, 2.75) is 16.3 Å². The van der Waals surface area contributed by atoms with Crippen molar-refractivity contribution in [1.29, 1.82) is 0 Å². The van der Waals surface area contributed by atoms with E-state index in [1.165, 1.54) is 12.1 Å². The molecular weight excluding hydrogens is 328 g/mol. The van der Waals surface area contributed by atoms with Crippen LogP contribution in [0.3, 0.4) is 0 Å². The van der Waals surface area contributed by atoms with Crippen molar-refractivity contribution in [1.82, 2.24) is 0 Å². The third-order valence-corrected chi connectivity index (χ3v) is 5.37. The molecule has 3 N–H and O–H groups in total. The van der Waals surface area contributed by atoms with Gasteiger partial charge in [0.15, 0.2) is 0 Å². The number of hydrogen-bond acceptors (Lipinski definition) is 4. The molecule has 2 aromatic carbocycles. The van der Waals surface area contributed by atoms with Crippen molar-refractivity contribution in [3.8, 4) is 0 Å². The third-order valence-electron chi connectivity index (χ3n) is 2.90. The molecule has 0 saturated carbocycles. The first kappa shape index (κ1) is 16.2. The van der Waals surface area contributed by atoms with Gasteiger partial charge in [0, 0.05) is 22.2 Å². The van der Waals surface area contributed by atoms with Gasteiger partial charge in [0.25, 0.3) is 10.0 Å². The van der Waals surface area contributed by atoms with Gasteiger partial charge in [-0.3, -0.25) is 4.72 Å². The second-order valence-corrected chi connectivity index (χ2v) is 7.26. The van der Waals surface area contributed by atoms with Crippen LogP contribution >= 0.6 is 23.4 Å². The molecule has 0 aromatic heterocycles. The van der Waals surface area contributed by atoms with E-state index in [2.05, 4.69) is 4.72 Å². The van der Waals surface area contributed by atoms with Gasteiger partial charge in [0.05, 0.1) is 4.90 Å². The van der Waals surface area contributed by atoms with Gasteiger partial charge in [-0.05, 0) is 48.2 Å². The first-order valence-electron chi connectivity index (χ1n) is 6.11. The summed E-state index contributed by atoms with van der Waals surface area (Å²) in [6.45, 7) is 0.267. The van der Waals surface area contributed by atoms with E-state index in [1.807, 2.05) is 18.4 Å². The van der Waals surface area contributed by atoms with E-state index in [1.54, 1.807) is 30.0 Å². The minimum absolute atomic E-state index is 0.110. The molecule has 2 rings (SSSR count). The Bertz CT molecular complexity index is 731. The van der Waals surface area contributed by atoms with Gasteiger partial charge in [-0.15, -0.1) is 11.8 Å². The summed E-state index contributed by atoms with van der Waals surface area (Å²) in [4.78, 5) is 1.17.